The Kier molecular flexibility index (Phi) is 2.35. The second kappa shape index (κ2) is 2.91. The minimum Gasteiger partial charge on any atom is -0.314 e. The van der Waals surface area contributed by atoms with E-state index >= 15 is 0 Å². The van der Waals surface area contributed by atoms with Gasteiger partial charge in [0, 0.05) is 6.04 Å². The van der Waals surface area contributed by atoms with E-state index in [0.717, 1.165) is 6.04 Å². The van der Waals surface area contributed by atoms with Crippen LogP contribution in [0.3, 0.4) is 0 Å². The normalized spacial score (nSPS) is 19.5. The summed E-state index contributed by atoms with van der Waals surface area (Å²) < 4.78 is 0. The summed E-state index contributed by atoms with van der Waals surface area (Å²) in [5, 5.41) is 3.51. The van der Waals surface area contributed by atoms with Crippen molar-refractivity contribution in [3.8, 4) is 0 Å². The monoisotopic (exact) mass is 141 g/mol. The van der Waals surface area contributed by atoms with Crippen molar-refractivity contribution in [1.29, 1.82) is 0 Å². The van der Waals surface area contributed by atoms with E-state index in [2.05, 4.69) is 26.1 Å². The third-order valence-corrected chi connectivity index (χ3v) is 1.89. The lowest BCUT2D eigenvalue weighted by atomic mass is 9.92. The molecule has 0 amide bonds. The first-order valence-corrected chi connectivity index (χ1v) is 4.31. The van der Waals surface area contributed by atoms with E-state index in [1.165, 1.54) is 25.8 Å². The zero-order valence-electron chi connectivity index (χ0n) is 7.41. The molecular weight excluding hydrogens is 122 g/mol. The largest absolute Gasteiger partial charge is 0.314 e. The predicted molar refractivity (Wildman–Crippen MR) is 45.1 cm³/mol. The van der Waals surface area contributed by atoms with E-state index < -0.39 is 0 Å². The maximum atomic E-state index is 3.51. The Hall–Kier alpha value is -0.0400. The van der Waals surface area contributed by atoms with E-state index in [4.69, 9.17) is 0 Å². The van der Waals surface area contributed by atoms with Crippen molar-refractivity contribution in [1.82, 2.24) is 5.32 Å². The average Bonchev–Trinajstić information content (AvgIpc) is 2.45. The number of rotatable bonds is 3. The van der Waals surface area contributed by atoms with Gasteiger partial charge in [0.05, 0.1) is 0 Å². The van der Waals surface area contributed by atoms with Crippen molar-refractivity contribution in [3.63, 3.8) is 0 Å². The fraction of sp³-hybridized carbons (Fsp3) is 1.00. The molecule has 0 aromatic heterocycles. The molecule has 0 aromatic rings. The summed E-state index contributed by atoms with van der Waals surface area (Å²) in [5.41, 5.74) is 0.502. The van der Waals surface area contributed by atoms with Crippen molar-refractivity contribution in [2.45, 2.75) is 46.1 Å². The Morgan fingerprint density at radius 1 is 1.30 bits per heavy atom. The summed E-state index contributed by atoms with van der Waals surface area (Å²) >= 11 is 0. The topological polar surface area (TPSA) is 12.0 Å². The Balaban J connectivity index is 1.93. The zero-order valence-corrected chi connectivity index (χ0v) is 7.41. The maximum absolute atomic E-state index is 3.51. The van der Waals surface area contributed by atoms with Gasteiger partial charge in [-0.05, 0) is 31.2 Å². The van der Waals surface area contributed by atoms with Crippen molar-refractivity contribution < 1.29 is 0 Å². The van der Waals surface area contributed by atoms with Gasteiger partial charge >= 0.3 is 0 Å². The van der Waals surface area contributed by atoms with E-state index in [9.17, 15) is 0 Å². The van der Waals surface area contributed by atoms with Gasteiger partial charge < -0.3 is 5.32 Å². The fourth-order valence-electron chi connectivity index (χ4n) is 0.939. The molecule has 0 aromatic carbocycles. The van der Waals surface area contributed by atoms with E-state index in [1.54, 1.807) is 0 Å². The zero-order chi connectivity index (χ0) is 7.61. The number of nitrogens with one attached hydrogen (secondary N) is 1. The van der Waals surface area contributed by atoms with Crippen molar-refractivity contribution >= 4 is 0 Å². The van der Waals surface area contributed by atoms with Crippen LogP contribution >= 0.6 is 0 Å². The van der Waals surface area contributed by atoms with Crippen molar-refractivity contribution in [2.24, 2.45) is 5.41 Å². The molecule has 0 bridgehead atoms. The van der Waals surface area contributed by atoms with Crippen LogP contribution in [0.1, 0.15) is 40.0 Å². The first kappa shape index (κ1) is 8.06. The summed E-state index contributed by atoms with van der Waals surface area (Å²) in [6.45, 7) is 8.08. The molecule has 1 nitrogen and oxygen atoms in total. The molecule has 1 rings (SSSR count). The Morgan fingerprint density at radius 3 is 2.30 bits per heavy atom. The Morgan fingerprint density at radius 2 is 1.90 bits per heavy atom. The van der Waals surface area contributed by atoms with Gasteiger partial charge in [-0.1, -0.05) is 20.8 Å². The van der Waals surface area contributed by atoms with Gasteiger partial charge in [-0.3, -0.25) is 0 Å². The van der Waals surface area contributed by atoms with Gasteiger partial charge in [0.2, 0.25) is 0 Å². The third kappa shape index (κ3) is 3.89. The van der Waals surface area contributed by atoms with Crippen molar-refractivity contribution in [3.05, 3.63) is 0 Å². The molecule has 1 aliphatic carbocycles. The smallest absolute Gasteiger partial charge is 0.00682 e. The average molecular weight is 141 g/mol. The molecule has 0 atom stereocenters. The molecule has 0 radical (unpaired) electrons. The molecule has 1 saturated carbocycles. The summed E-state index contributed by atoms with van der Waals surface area (Å²) in [6, 6.07) is 0.877. The summed E-state index contributed by atoms with van der Waals surface area (Å²) in [4.78, 5) is 0. The maximum Gasteiger partial charge on any atom is 0.00682 e. The fourth-order valence-corrected chi connectivity index (χ4v) is 0.939. The van der Waals surface area contributed by atoms with Gasteiger partial charge in [-0.25, -0.2) is 0 Å². The first-order chi connectivity index (χ1) is 4.58. The molecule has 10 heavy (non-hydrogen) atoms. The van der Waals surface area contributed by atoms with Crippen LogP contribution in [0.4, 0.5) is 0 Å². The van der Waals surface area contributed by atoms with Gasteiger partial charge in [0.15, 0.2) is 0 Å². The van der Waals surface area contributed by atoms with E-state index in [1.807, 2.05) is 0 Å². The lowest BCUT2D eigenvalue weighted by Gasteiger charge is -2.17. The highest BCUT2D eigenvalue weighted by molar-refractivity contribution is 4.81. The Bertz CT molecular complexity index is 97.8. The number of hydrogen-bond acceptors (Lipinski definition) is 1. The van der Waals surface area contributed by atoms with Gasteiger partial charge in [-0.2, -0.15) is 0 Å². The molecule has 0 aliphatic heterocycles. The van der Waals surface area contributed by atoms with Crippen LogP contribution in [-0.4, -0.2) is 12.6 Å². The van der Waals surface area contributed by atoms with Gasteiger partial charge in [-0.15, -0.1) is 0 Å². The summed E-state index contributed by atoms with van der Waals surface area (Å²) in [5.74, 6) is 0. The predicted octanol–water partition coefficient (Wildman–Crippen LogP) is 2.17. The van der Waals surface area contributed by atoms with Crippen LogP contribution in [0, 0.1) is 5.41 Å². The van der Waals surface area contributed by atoms with Gasteiger partial charge in [0.25, 0.3) is 0 Å². The van der Waals surface area contributed by atoms with Crippen LogP contribution in [0.5, 0.6) is 0 Å². The molecular formula is C9H19N. The summed E-state index contributed by atoms with van der Waals surface area (Å²) in [7, 11) is 0. The Labute approximate surface area is 64.2 Å². The minimum absolute atomic E-state index is 0.502. The minimum atomic E-state index is 0.502. The second-order valence-corrected chi connectivity index (χ2v) is 4.54. The van der Waals surface area contributed by atoms with E-state index in [0.29, 0.717) is 5.41 Å². The molecule has 60 valence electrons. The SMILES string of the molecule is CC(C)(C)CCNC1CC1. The molecule has 0 heterocycles. The molecule has 1 heteroatoms. The molecule has 0 spiro atoms. The van der Waals surface area contributed by atoms with Crippen LogP contribution < -0.4 is 5.32 Å². The van der Waals surface area contributed by atoms with Crippen molar-refractivity contribution in [2.75, 3.05) is 6.54 Å². The molecule has 1 aliphatic rings. The summed E-state index contributed by atoms with van der Waals surface area (Å²) in [6.07, 6.45) is 4.11. The third-order valence-electron chi connectivity index (χ3n) is 1.89. The first-order valence-electron chi connectivity index (χ1n) is 4.31. The quantitative estimate of drug-likeness (QED) is 0.635. The lowest BCUT2D eigenvalue weighted by molar-refractivity contribution is 0.366. The molecule has 1 N–H and O–H groups in total. The van der Waals surface area contributed by atoms with Crippen LogP contribution in [0.2, 0.25) is 0 Å². The highest BCUT2D eigenvalue weighted by Crippen LogP contribution is 2.21. The van der Waals surface area contributed by atoms with Crippen LogP contribution in [0.25, 0.3) is 0 Å². The lowest BCUT2D eigenvalue weighted by Crippen LogP contribution is -2.22. The molecule has 1 fully saturated rings. The standard InChI is InChI=1S/C9H19N/c1-9(2,3)6-7-10-8-4-5-8/h8,10H,4-7H2,1-3H3. The molecule has 0 unspecified atom stereocenters. The van der Waals surface area contributed by atoms with Crippen LogP contribution in [0.15, 0.2) is 0 Å². The van der Waals surface area contributed by atoms with Gasteiger partial charge in [0.1, 0.15) is 0 Å². The molecule has 0 saturated heterocycles. The highest BCUT2D eigenvalue weighted by atomic mass is 14.9. The highest BCUT2D eigenvalue weighted by Gasteiger charge is 2.20. The van der Waals surface area contributed by atoms with E-state index in [-0.39, 0.29) is 0 Å². The van der Waals surface area contributed by atoms with Crippen LogP contribution in [-0.2, 0) is 0 Å². The number of hydrogen-bond donors (Lipinski definition) is 1. The second-order valence-electron chi connectivity index (χ2n) is 4.54.